The van der Waals surface area contributed by atoms with E-state index >= 15 is 0 Å². The Labute approximate surface area is 427 Å². The maximum Gasteiger partial charge on any atom is 0.410 e. The van der Waals surface area contributed by atoms with E-state index < -0.39 is 93.9 Å². The lowest BCUT2D eigenvalue weighted by Crippen LogP contribution is -2.58. The van der Waals surface area contributed by atoms with Crippen LogP contribution >= 0.6 is 0 Å². The molecule has 0 aromatic heterocycles. The fourth-order valence-electron chi connectivity index (χ4n) is 8.36. The van der Waals surface area contributed by atoms with Gasteiger partial charge in [-0.15, -0.1) is 5.06 Å². The molecule has 0 bridgehead atoms. The minimum Gasteiger partial charge on any atom is -0.459 e. The lowest BCUT2D eigenvalue weighted by atomic mass is 9.87. The highest BCUT2D eigenvalue weighted by molar-refractivity contribution is 6.01. The van der Waals surface area contributed by atoms with Gasteiger partial charge in [-0.3, -0.25) is 38.6 Å². The second-order valence-corrected chi connectivity index (χ2v) is 23.7. The van der Waals surface area contributed by atoms with Crippen LogP contribution in [0.5, 0.6) is 0 Å². The van der Waals surface area contributed by atoms with Crippen LogP contribution in [0.3, 0.4) is 0 Å². The topological polar surface area (TPSA) is 217 Å². The maximum absolute atomic E-state index is 14.6. The normalized spacial score (nSPS) is 17.3. The van der Waals surface area contributed by atoms with Crippen molar-refractivity contribution in [2.75, 3.05) is 44.6 Å². The smallest absolute Gasteiger partial charge is 0.410 e. The second kappa shape index (κ2) is 26.1. The summed E-state index contributed by atoms with van der Waals surface area (Å²) in [6, 6.07) is 5.93. The second-order valence-electron chi connectivity index (χ2n) is 23.7. The van der Waals surface area contributed by atoms with Gasteiger partial charge in [0.15, 0.2) is 0 Å². The summed E-state index contributed by atoms with van der Waals surface area (Å²) in [6.45, 7) is 26.0. The van der Waals surface area contributed by atoms with Gasteiger partial charge < -0.3 is 38.7 Å². The van der Waals surface area contributed by atoms with Crippen molar-refractivity contribution in [1.29, 1.82) is 0 Å². The molecule has 1 heterocycles. The summed E-state index contributed by atoms with van der Waals surface area (Å²) in [6.07, 6.45) is 2.91. The number of rotatable bonds is 22. The number of hydrogen-bond donors (Lipinski definition) is 1. The number of amides is 3. The van der Waals surface area contributed by atoms with E-state index in [1.54, 1.807) is 119 Å². The largest absolute Gasteiger partial charge is 0.459 e. The Morgan fingerprint density at radius 1 is 0.597 bits per heavy atom. The number of anilines is 1. The van der Waals surface area contributed by atoms with Gasteiger partial charge in [0.05, 0.1) is 32.2 Å². The number of nitrogens with one attached hydrogen (secondary N) is 1. The number of hydroxylamine groups is 2. The van der Waals surface area contributed by atoms with Crippen molar-refractivity contribution in [3.8, 4) is 0 Å². The van der Waals surface area contributed by atoms with E-state index in [1.165, 1.54) is 0 Å². The number of carbonyl (C=O) groups excluding carboxylic acids is 8. The lowest BCUT2D eigenvalue weighted by molar-refractivity contribution is -0.197. The molecule has 2 aliphatic rings. The summed E-state index contributed by atoms with van der Waals surface area (Å²) in [5.41, 5.74) is -2.54. The molecule has 1 aliphatic carbocycles. The van der Waals surface area contributed by atoms with E-state index in [0.717, 1.165) is 24.1 Å². The number of ether oxygens (including phenoxy) is 5. The highest BCUT2D eigenvalue weighted by Crippen LogP contribution is 2.31. The van der Waals surface area contributed by atoms with Crippen molar-refractivity contribution >= 4 is 53.4 Å². The van der Waals surface area contributed by atoms with E-state index in [0.29, 0.717) is 37.3 Å². The average Bonchev–Trinajstić information content (AvgIpc) is 3.51. The first kappa shape index (κ1) is 61.0. The minimum absolute atomic E-state index is 0.0115. The first-order valence-corrected chi connectivity index (χ1v) is 25.3. The fourth-order valence-corrected chi connectivity index (χ4v) is 8.36. The Bertz CT molecular complexity index is 1950. The zero-order chi connectivity index (χ0) is 54.4. The maximum atomic E-state index is 14.6. The molecular formula is C53H85N5O14. The Morgan fingerprint density at radius 3 is 1.47 bits per heavy atom. The van der Waals surface area contributed by atoms with Gasteiger partial charge in [-0.05, 0) is 154 Å². The van der Waals surface area contributed by atoms with Crippen LogP contribution in [0.15, 0.2) is 24.3 Å². The number of esters is 4. The van der Waals surface area contributed by atoms with Crippen molar-refractivity contribution < 1.29 is 66.9 Å². The van der Waals surface area contributed by atoms with E-state index in [-0.39, 0.29) is 58.4 Å². The molecule has 19 heteroatoms. The summed E-state index contributed by atoms with van der Waals surface area (Å²) in [5, 5.41) is 3.80. The standard InChI is InChI=1S/C53H85N5O14/c1-49(2,3)67-44(62)32-55(33-45(63)68-50(4,5)6)38(31-36-22-24-37(25-23-36)54-29-18-21-43(61)72-58-41(59)26-27-42(58)60)28-30-57(48(66)71-53(13,14)15)40-20-17-16-19-39(40)56(34-46(64)69-51(7,8)9)35-47(65)70-52(10,11)12/h22-25,38-40,54H,16-21,26-35H2,1-15H3/t38-,39-,40-/m0/s1. The molecular weight excluding hydrogens is 931 g/mol. The monoisotopic (exact) mass is 1020 g/mol. The van der Waals surface area contributed by atoms with Gasteiger partial charge >= 0.3 is 35.9 Å². The van der Waals surface area contributed by atoms with Crippen LogP contribution in [0.4, 0.5) is 10.5 Å². The summed E-state index contributed by atoms with van der Waals surface area (Å²) < 4.78 is 29.1. The molecule has 1 saturated heterocycles. The van der Waals surface area contributed by atoms with Gasteiger partial charge in [-0.25, -0.2) is 9.59 Å². The molecule has 1 aromatic rings. The number of carbonyl (C=O) groups is 8. The minimum atomic E-state index is -0.890. The van der Waals surface area contributed by atoms with E-state index in [4.69, 9.17) is 28.5 Å². The van der Waals surface area contributed by atoms with Crippen LogP contribution in [0, 0.1) is 0 Å². The number of hydrogen-bond acceptors (Lipinski definition) is 17. The number of nitrogens with zero attached hydrogens (tertiary/aromatic N) is 4. The highest BCUT2D eigenvalue weighted by Gasteiger charge is 2.41. The zero-order valence-electron chi connectivity index (χ0n) is 45.9. The molecule has 72 heavy (non-hydrogen) atoms. The summed E-state index contributed by atoms with van der Waals surface area (Å²) in [4.78, 5) is 115. The molecule has 406 valence electrons. The van der Waals surface area contributed by atoms with Crippen LogP contribution in [-0.2, 0) is 68.5 Å². The lowest BCUT2D eigenvalue weighted by Gasteiger charge is -2.45. The third kappa shape index (κ3) is 23.5. The molecule has 0 radical (unpaired) electrons. The van der Waals surface area contributed by atoms with Gasteiger partial charge in [0.1, 0.15) is 28.0 Å². The Hall–Kier alpha value is -5.30. The van der Waals surface area contributed by atoms with Crippen molar-refractivity contribution in [2.45, 2.75) is 214 Å². The predicted molar refractivity (Wildman–Crippen MR) is 269 cm³/mol. The molecule has 19 nitrogen and oxygen atoms in total. The van der Waals surface area contributed by atoms with Crippen LogP contribution < -0.4 is 5.32 Å². The zero-order valence-corrected chi connectivity index (χ0v) is 45.9. The number of imide groups is 1. The molecule has 1 N–H and O–H groups in total. The molecule has 0 unspecified atom stereocenters. The highest BCUT2D eigenvalue weighted by atomic mass is 16.7. The van der Waals surface area contributed by atoms with Crippen molar-refractivity contribution in [1.82, 2.24) is 19.8 Å². The average molecular weight is 1020 g/mol. The van der Waals surface area contributed by atoms with Gasteiger partial charge in [0.2, 0.25) is 0 Å². The summed E-state index contributed by atoms with van der Waals surface area (Å²) in [7, 11) is 0. The third-order valence-electron chi connectivity index (χ3n) is 10.9. The van der Waals surface area contributed by atoms with Gasteiger partial charge in [0, 0.05) is 50.1 Å². The molecule has 1 aromatic carbocycles. The van der Waals surface area contributed by atoms with E-state index in [9.17, 15) is 38.4 Å². The van der Waals surface area contributed by atoms with Crippen LogP contribution in [0.2, 0.25) is 0 Å². The van der Waals surface area contributed by atoms with Crippen LogP contribution in [0.1, 0.15) is 167 Å². The van der Waals surface area contributed by atoms with Gasteiger partial charge in [0.25, 0.3) is 11.8 Å². The first-order chi connectivity index (χ1) is 33.1. The quantitative estimate of drug-likeness (QED) is 0.0521. The SMILES string of the molecule is CC(C)(C)OC(=O)CN(CC(=O)OC(C)(C)C)[C@@H](CCN(C(=O)OC(C)(C)C)[C@H]1CCCC[C@@H]1N(CC(=O)OC(C)(C)C)CC(=O)OC(C)(C)C)Cc1ccc(NCCCC(=O)ON2C(=O)CCC2=O)cc1. The Kier molecular flexibility index (Phi) is 22.1. The Balaban J connectivity index is 2.04. The van der Waals surface area contributed by atoms with Crippen molar-refractivity contribution in [2.24, 2.45) is 0 Å². The van der Waals surface area contributed by atoms with Gasteiger partial charge in [-0.2, -0.15) is 0 Å². The molecule has 3 atom stereocenters. The first-order valence-electron chi connectivity index (χ1n) is 25.3. The predicted octanol–water partition coefficient (Wildman–Crippen LogP) is 7.31. The Morgan fingerprint density at radius 2 is 1.03 bits per heavy atom. The van der Waals surface area contributed by atoms with Crippen LogP contribution in [0.25, 0.3) is 0 Å². The summed E-state index contributed by atoms with van der Waals surface area (Å²) >= 11 is 0. The third-order valence-corrected chi connectivity index (χ3v) is 10.9. The number of benzene rings is 1. The molecule has 1 saturated carbocycles. The van der Waals surface area contributed by atoms with E-state index in [2.05, 4.69) is 5.32 Å². The van der Waals surface area contributed by atoms with Crippen molar-refractivity contribution in [3.05, 3.63) is 29.8 Å². The summed E-state index contributed by atoms with van der Waals surface area (Å²) in [5.74, 6) is -3.96. The van der Waals surface area contributed by atoms with Crippen LogP contribution in [-0.4, -0.2) is 153 Å². The molecule has 2 fully saturated rings. The molecule has 1 aliphatic heterocycles. The fraction of sp³-hybridized carbons (Fsp3) is 0.736. The van der Waals surface area contributed by atoms with E-state index in [1.807, 2.05) is 24.3 Å². The molecule has 3 amide bonds. The van der Waals surface area contributed by atoms with Crippen molar-refractivity contribution in [3.63, 3.8) is 0 Å². The molecule has 0 spiro atoms. The molecule has 3 rings (SSSR count). The van der Waals surface area contributed by atoms with Gasteiger partial charge in [-0.1, -0.05) is 25.0 Å².